The van der Waals surface area contributed by atoms with Gasteiger partial charge in [-0.2, -0.15) is 0 Å². The number of nitrogens with one attached hydrogen (secondary N) is 1. The van der Waals surface area contributed by atoms with Crippen LogP contribution in [0.5, 0.6) is 5.75 Å². The van der Waals surface area contributed by atoms with Gasteiger partial charge in [-0.05, 0) is 25.1 Å². The third-order valence-corrected chi connectivity index (χ3v) is 3.62. The Morgan fingerprint density at radius 1 is 1.37 bits per heavy atom. The van der Waals surface area contributed by atoms with Crippen LogP contribution in [-0.4, -0.2) is 21.8 Å². The number of aryl methyl sites for hydroxylation is 1. The molecule has 0 bridgehead atoms. The highest BCUT2D eigenvalue weighted by Gasteiger charge is 2.14. The van der Waals surface area contributed by atoms with E-state index in [2.05, 4.69) is 10.3 Å². The van der Waals surface area contributed by atoms with Gasteiger partial charge in [-0.25, -0.2) is 4.98 Å². The predicted octanol–water partition coefficient (Wildman–Crippen LogP) is 2.61. The number of Topliss-reactive ketones (excluding diaryl/α,β-unsaturated/α-hetero) is 1. The lowest BCUT2D eigenvalue weighted by molar-refractivity contribution is 0.101. The van der Waals surface area contributed by atoms with Crippen molar-refractivity contribution in [3.8, 4) is 5.75 Å². The van der Waals surface area contributed by atoms with Gasteiger partial charge in [-0.1, -0.05) is 17.4 Å². The van der Waals surface area contributed by atoms with E-state index in [0.717, 1.165) is 11.3 Å². The summed E-state index contributed by atoms with van der Waals surface area (Å²) in [6.07, 6.45) is 0. The zero-order valence-corrected chi connectivity index (χ0v) is 11.2. The molecule has 0 spiro atoms. The van der Waals surface area contributed by atoms with Crippen molar-refractivity contribution < 1.29 is 14.7 Å². The topological polar surface area (TPSA) is 79.3 Å². The molecule has 0 aliphatic rings. The fourth-order valence-corrected chi connectivity index (χ4v) is 2.45. The van der Waals surface area contributed by atoms with Crippen LogP contribution >= 0.6 is 11.3 Å². The highest BCUT2D eigenvalue weighted by atomic mass is 32.1. The van der Waals surface area contributed by atoms with E-state index in [-0.39, 0.29) is 17.4 Å². The first-order valence-electron chi connectivity index (χ1n) is 5.56. The number of hydrogen-bond donors (Lipinski definition) is 2. The molecule has 98 valence electrons. The van der Waals surface area contributed by atoms with Gasteiger partial charge < -0.3 is 5.11 Å². The van der Waals surface area contributed by atoms with E-state index < -0.39 is 0 Å². The normalized spacial score (nSPS) is 10.2. The molecule has 19 heavy (non-hydrogen) atoms. The number of anilines is 1. The number of aromatic hydroxyl groups is 1. The molecule has 0 saturated heterocycles. The van der Waals surface area contributed by atoms with Crippen LogP contribution in [0.25, 0.3) is 0 Å². The second-order valence-corrected chi connectivity index (χ2v) is 4.99. The number of phenols is 1. The minimum Gasteiger partial charge on any atom is -0.508 e. The Morgan fingerprint density at radius 2 is 2.11 bits per heavy atom. The van der Waals surface area contributed by atoms with Crippen LogP contribution in [0.4, 0.5) is 5.13 Å². The summed E-state index contributed by atoms with van der Waals surface area (Å²) in [5, 5.41) is 12.3. The van der Waals surface area contributed by atoms with Crippen LogP contribution in [0.15, 0.2) is 24.3 Å². The van der Waals surface area contributed by atoms with Crippen molar-refractivity contribution in [3.63, 3.8) is 0 Å². The molecule has 0 saturated carbocycles. The molecule has 1 aromatic carbocycles. The van der Waals surface area contributed by atoms with Gasteiger partial charge in [0.05, 0.1) is 10.6 Å². The molecule has 2 N–H and O–H groups in total. The van der Waals surface area contributed by atoms with Crippen LogP contribution in [0.3, 0.4) is 0 Å². The van der Waals surface area contributed by atoms with Gasteiger partial charge in [0.15, 0.2) is 10.9 Å². The summed E-state index contributed by atoms with van der Waals surface area (Å²) < 4.78 is 0. The molecule has 2 rings (SSSR count). The standard InChI is InChI=1S/C13H12N2O3S/c1-7-11(8(2)16)19-13(14-7)15-12(18)9-4-3-5-10(17)6-9/h3-6,17H,1-2H3,(H,14,15,18). The van der Waals surface area contributed by atoms with Crippen molar-refractivity contribution in [2.75, 3.05) is 5.32 Å². The van der Waals surface area contributed by atoms with Crippen molar-refractivity contribution >= 4 is 28.2 Å². The van der Waals surface area contributed by atoms with Crippen molar-refractivity contribution in [1.82, 2.24) is 4.98 Å². The number of benzene rings is 1. The first-order valence-corrected chi connectivity index (χ1v) is 6.38. The lowest BCUT2D eigenvalue weighted by Gasteiger charge is -2.01. The average molecular weight is 276 g/mol. The maximum absolute atomic E-state index is 11.9. The fourth-order valence-electron chi connectivity index (χ4n) is 1.59. The summed E-state index contributed by atoms with van der Waals surface area (Å²) >= 11 is 1.14. The highest BCUT2D eigenvalue weighted by Crippen LogP contribution is 2.23. The highest BCUT2D eigenvalue weighted by molar-refractivity contribution is 7.17. The molecule has 1 heterocycles. The van der Waals surface area contributed by atoms with Gasteiger partial charge >= 0.3 is 0 Å². The Kier molecular flexibility index (Phi) is 3.62. The number of amides is 1. The molecule has 0 radical (unpaired) electrons. The summed E-state index contributed by atoms with van der Waals surface area (Å²) in [6.45, 7) is 3.18. The number of thiazole rings is 1. The molecule has 6 heteroatoms. The third-order valence-electron chi connectivity index (χ3n) is 2.45. The van der Waals surface area contributed by atoms with E-state index in [1.54, 1.807) is 19.1 Å². The quantitative estimate of drug-likeness (QED) is 0.844. The van der Waals surface area contributed by atoms with Crippen molar-refractivity contribution in [3.05, 3.63) is 40.4 Å². The minimum absolute atomic E-state index is 0.0207. The van der Waals surface area contributed by atoms with E-state index >= 15 is 0 Å². The number of carbonyl (C=O) groups is 2. The van der Waals surface area contributed by atoms with Crippen LogP contribution in [-0.2, 0) is 0 Å². The summed E-state index contributed by atoms with van der Waals surface area (Å²) in [5.74, 6) is -0.431. The maximum Gasteiger partial charge on any atom is 0.257 e. The van der Waals surface area contributed by atoms with E-state index in [4.69, 9.17) is 0 Å². The van der Waals surface area contributed by atoms with Crippen molar-refractivity contribution in [1.29, 1.82) is 0 Å². The molecule has 0 aliphatic carbocycles. The third kappa shape index (κ3) is 2.97. The van der Waals surface area contributed by atoms with E-state index in [9.17, 15) is 14.7 Å². The number of carbonyl (C=O) groups excluding carboxylic acids is 2. The summed E-state index contributed by atoms with van der Waals surface area (Å²) in [5.41, 5.74) is 0.931. The minimum atomic E-state index is -0.375. The first-order chi connectivity index (χ1) is 8.97. The molecule has 1 amide bonds. The monoisotopic (exact) mass is 276 g/mol. The number of nitrogens with zero attached hydrogens (tertiary/aromatic N) is 1. The Bertz CT molecular complexity index is 649. The van der Waals surface area contributed by atoms with Crippen LogP contribution in [0, 0.1) is 6.92 Å². The number of aromatic nitrogens is 1. The van der Waals surface area contributed by atoms with E-state index in [0.29, 0.717) is 21.3 Å². The van der Waals surface area contributed by atoms with Gasteiger partial charge in [0.25, 0.3) is 5.91 Å². The van der Waals surface area contributed by atoms with Gasteiger partial charge in [-0.15, -0.1) is 0 Å². The SMILES string of the molecule is CC(=O)c1sc(NC(=O)c2cccc(O)c2)nc1C. The Hall–Kier alpha value is -2.21. The summed E-state index contributed by atoms with van der Waals surface area (Å²) in [4.78, 5) is 27.9. The largest absolute Gasteiger partial charge is 0.508 e. The van der Waals surface area contributed by atoms with Crippen molar-refractivity contribution in [2.24, 2.45) is 0 Å². The molecule has 0 fully saturated rings. The maximum atomic E-state index is 11.9. The lowest BCUT2D eigenvalue weighted by atomic mass is 10.2. The second kappa shape index (κ2) is 5.19. The van der Waals surface area contributed by atoms with E-state index in [1.165, 1.54) is 19.1 Å². The Morgan fingerprint density at radius 3 is 2.68 bits per heavy atom. The van der Waals surface area contributed by atoms with Crippen molar-refractivity contribution in [2.45, 2.75) is 13.8 Å². The fraction of sp³-hybridized carbons (Fsp3) is 0.154. The van der Waals surface area contributed by atoms with Crippen LogP contribution < -0.4 is 5.32 Å². The molecule has 1 aromatic heterocycles. The Balaban J connectivity index is 2.20. The van der Waals surface area contributed by atoms with Gasteiger partial charge in [0, 0.05) is 12.5 Å². The first kappa shape index (κ1) is 13.2. The summed E-state index contributed by atoms with van der Waals surface area (Å²) in [6, 6.07) is 6.01. The number of ketones is 1. The smallest absolute Gasteiger partial charge is 0.257 e. The van der Waals surface area contributed by atoms with E-state index in [1.807, 2.05) is 0 Å². The molecular formula is C13H12N2O3S. The van der Waals surface area contributed by atoms with Crippen LogP contribution in [0.2, 0.25) is 0 Å². The zero-order valence-electron chi connectivity index (χ0n) is 10.4. The van der Waals surface area contributed by atoms with Crippen LogP contribution in [0.1, 0.15) is 32.6 Å². The number of phenolic OH excluding ortho intramolecular Hbond substituents is 1. The number of rotatable bonds is 3. The molecular weight excluding hydrogens is 264 g/mol. The van der Waals surface area contributed by atoms with Gasteiger partial charge in [-0.3, -0.25) is 14.9 Å². The number of hydrogen-bond acceptors (Lipinski definition) is 5. The van der Waals surface area contributed by atoms with Gasteiger partial charge in [0.2, 0.25) is 0 Å². The predicted molar refractivity (Wildman–Crippen MR) is 72.9 cm³/mol. The summed E-state index contributed by atoms with van der Waals surface area (Å²) in [7, 11) is 0. The molecule has 0 unspecified atom stereocenters. The Labute approximate surface area is 113 Å². The molecule has 0 atom stereocenters. The molecule has 0 aliphatic heterocycles. The van der Waals surface area contributed by atoms with Gasteiger partial charge in [0.1, 0.15) is 5.75 Å². The zero-order chi connectivity index (χ0) is 14.0. The second-order valence-electron chi connectivity index (χ2n) is 3.99. The molecule has 2 aromatic rings. The average Bonchev–Trinajstić information content (AvgIpc) is 2.70. The lowest BCUT2D eigenvalue weighted by Crippen LogP contribution is -2.11. The molecule has 5 nitrogen and oxygen atoms in total.